The molecule has 5 nitrogen and oxygen atoms in total. The van der Waals surface area contributed by atoms with Gasteiger partial charge in [0.1, 0.15) is 6.04 Å². The summed E-state index contributed by atoms with van der Waals surface area (Å²) in [4.78, 5) is 10.4. The number of aliphatic hydroxyl groups is 1. The highest BCUT2D eigenvalue weighted by Gasteiger charge is 2.11. The quantitative estimate of drug-likeness (QED) is 0.611. The number of carboxylic acids is 1. The first kappa shape index (κ1) is 21.4. The van der Waals surface area contributed by atoms with Crippen molar-refractivity contribution in [1.82, 2.24) is 0 Å². The van der Waals surface area contributed by atoms with Crippen LogP contribution in [-0.2, 0) is 17.6 Å². The van der Waals surface area contributed by atoms with Gasteiger partial charge in [0.05, 0.1) is 6.61 Å². The summed E-state index contributed by atoms with van der Waals surface area (Å²) in [6.07, 6.45) is 1.01. The SMILES string of the molecule is NC(CO)Cc1ccc(Cl)cc1.NC(Cc1ccc(Cl)cc1)C(=O)O. The van der Waals surface area contributed by atoms with Gasteiger partial charge in [-0.3, -0.25) is 4.79 Å². The van der Waals surface area contributed by atoms with Crippen LogP contribution in [0.4, 0.5) is 0 Å². The molecule has 2 aromatic carbocycles. The number of benzene rings is 2. The smallest absolute Gasteiger partial charge is 0.320 e. The maximum Gasteiger partial charge on any atom is 0.320 e. The van der Waals surface area contributed by atoms with E-state index in [0.717, 1.165) is 16.1 Å². The maximum atomic E-state index is 10.4. The van der Waals surface area contributed by atoms with Crippen molar-refractivity contribution >= 4 is 29.2 Å². The fourth-order valence-corrected chi connectivity index (χ4v) is 2.20. The van der Waals surface area contributed by atoms with Crippen LogP contribution in [-0.4, -0.2) is 34.9 Å². The molecule has 0 bridgehead atoms. The summed E-state index contributed by atoms with van der Waals surface area (Å²) in [5.74, 6) is -0.991. The number of carbonyl (C=O) groups is 1. The number of hydrogen-bond acceptors (Lipinski definition) is 4. The van der Waals surface area contributed by atoms with Crippen molar-refractivity contribution in [3.63, 3.8) is 0 Å². The van der Waals surface area contributed by atoms with Crippen LogP contribution in [0.15, 0.2) is 48.5 Å². The monoisotopic (exact) mass is 384 g/mol. The average Bonchev–Trinajstić information content (AvgIpc) is 2.59. The van der Waals surface area contributed by atoms with E-state index in [4.69, 9.17) is 44.9 Å². The van der Waals surface area contributed by atoms with Gasteiger partial charge in [-0.05, 0) is 48.2 Å². The van der Waals surface area contributed by atoms with Crippen molar-refractivity contribution < 1.29 is 15.0 Å². The molecule has 0 aliphatic heterocycles. The Hall–Kier alpha value is -1.63. The molecule has 0 radical (unpaired) electrons. The average molecular weight is 385 g/mol. The molecule has 0 heterocycles. The minimum atomic E-state index is -0.991. The summed E-state index contributed by atoms with van der Waals surface area (Å²) in [7, 11) is 0. The van der Waals surface area contributed by atoms with Gasteiger partial charge >= 0.3 is 5.97 Å². The van der Waals surface area contributed by atoms with Crippen LogP contribution in [0.1, 0.15) is 11.1 Å². The topological polar surface area (TPSA) is 110 Å². The molecule has 0 spiro atoms. The van der Waals surface area contributed by atoms with E-state index in [-0.39, 0.29) is 12.6 Å². The molecular formula is C18H22Cl2N2O3. The normalized spacial score (nSPS) is 12.7. The van der Waals surface area contributed by atoms with Gasteiger partial charge in [-0.2, -0.15) is 0 Å². The van der Waals surface area contributed by atoms with Gasteiger partial charge in [0.15, 0.2) is 0 Å². The van der Waals surface area contributed by atoms with E-state index < -0.39 is 12.0 Å². The number of hydrogen-bond donors (Lipinski definition) is 4. The standard InChI is InChI=1S/C9H10ClNO2.C9H12ClNO/c10-7-3-1-6(2-4-7)5-8(11)9(12)13;10-8-3-1-7(2-4-8)5-9(11)6-12/h1-4,8H,5,11H2,(H,12,13);1-4,9,12H,5-6,11H2. The second-order valence-electron chi connectivity index (χ2n) is 5.55. The lowest BCUT2D eigenvalue weighted by Crippen LogP contribution is -2.32. The molecule has 0 aliphatic carbocycles. The third-order valence-electron chi connectivity index (χ3n) is 3.33. The van der Waals surface area contributed by atoms with Crippen molar-refractivity contribution in [2.45, 2.75) is 24.9 Å². The van der Waals surface area contributed by atoms with Crippen LogP contribution in [0, 0.1) is 0 Å². The zero-order valence-corrected chi connectivity index (χ0v) is 15.1. The highest BCUT2D eigenvalue weighted by atomic mass is 35.5. The molecule has 0 amide bonds. The van der Waals surface area contributed by atoms with Crippen molar-refractivity contribution in [3.8, 4) is 0 Å². The first-order valence-corrected chi connectivity index (χ1v) is 8.41. The third-order valence-corrected chi connectivity index (χ3v) is 3.84. The van der Waals surface area contributed by atoms with Crippen LogP contribution < -0.4 is 11.5 Å². The van der Waals surface area contributed by atoms with Gasteiger partial charge in [0.25, 0.3) is 0 Å². The Bertz CT molecular complexity index is 648. The summed E-state index contributed by atoms with van der Waals surface area (Å²) in [5.41, 5.74) is 12.9. The summed E-state index contributed by atoms with van der Waals surface area (Å²) in [6.45, 7) is 0.0165. The lowest BCUT2D eigenvalue weighted by atomic mass is 10.1. The highest BCUT2D eigenvalue weighted by Crippen LogP contribution is 2.11. The van der Waals surface area contributed by atoms with Gasteiger partial charge in [0, 0.05) is 16.1 Å². The third kappa shape index (κ3) is 8.86. The molecule has 7 heteroatoms. The minimum absolute atomic E-state index is 0.0165. The Kier molecular flexibility index (Phi) is 9.49. The van der Waals surface area contributed by atoms with Crippen molar-refractivity contribution in [2.75, 3.05) is 6.61 Å². The Morgan fingerprint density at radius 2 is 1.28 bits per heavy atom. The lowest BCUT2D eigenvalue weighted by Gasteiger charge is -2.07. The predicted octanol–water partition coefficient (Wildman–Crippen LogP) is 2.50. The number of aliphatic hydroxyl groups excluding tert-OH is 1. The van der Waals surface area contributed by atoms with E-state index >= 15 is 0 Å². The van der Waals surface area contributed by atoms with Crippen LogP contribution in [0.5, 0.6) is 0 Å². The molecule has 25 heavy (non-hydrogen) atoms. The minimum Gasteiger partial charge on any atom is -0.480 e. The van der Waals surface area contributed by atoms with Gasteiger partial charge in [-0.15, -0.1) is 0 Å². The summed E-state index contributed by atoms with van der Waals surface area (Å²) >= 11 is 11.4. The van der Waals surface area contributed by atoms with Gasteiger partial charge in [-0.1, -0.05) is 47.5 Å². The molecule has 0 aliphatic rings. The Balaban J connectivity index is 0.000000251. The zero-order chi connectivity index (χ0) is 18.8. The summed E-state index contributed by atoms with van der Waals surface area (Å²) in [6, 6.07) is 13.4. The molecule has 2 atom stereocenters. The van der Waals surface area contributed by atoms with Gasteiger partial charge in [0.2, 0.25) is 0 Å². The molecule has 0 saturated carbocycles. The molecule has 0 aromatic heterocycles. The summed E-state index contributed by atoms with van der Waals surface area (Å²) < 4.78 is 0. The van der Waals surface area contributed by atoms with Crippen LogP contribution in [0.3, 0.4) is 0 Å². The molecule has 6 N–H and O–H groups in total. The zero-order valence-electron chi connectivity index (χ0n) is 13.6. The Labute approximate surface area is 157 Å². The van der Waals surface area contributed by atoms with Gasteiger partial charge in [-0.25, -0.2) is 0 Å². The van der Waals surface area contributed by atoms with Crippen molar-refractivity contribution in [2.24, 2.45) is 11.5 Å². The van der Waals surface area contributed by atoms with Gasteiger partial charge < -0.3 is 21.7 Å². The van der Waals surface area contributed by atoms with E-state index in [1.54, 1.807) is 24.3 Å². The first-order chi connectivity index (χ1) is 11.8. The van der Waals surface area contributed by atoms with Crippen LogP contribution in [0.25, 0.3) is 0 Å². The van der Waals surface area contributed by atoms with E-state index in [0.29, 0.717) is 17.9 Å². The van der Waals surface area contributed by atoms with Crippen molar-refractivity contribution in [3.05, 3.63) is 69.7 Å². The molecule has 0 fully saturated rings. The van der Waals surface area contributed by atoms with Crippen LogP contribution >= 0.6 is 23.2 Å². The van der Waals surface area contributed by atoms with E-state index in [2.05, 4.69) is 0 Å². The van der Waals surface area contributed by atoms with E-state index in [1.165, 1.54) is 0 Å². The summed E-state index contributed by atoms with van der Waals surface area (Å²) in [5, 5.41) is 18.6. The largest absolute Gasteiger partial charge is 0.480 e. The number of nitrogens with two attached hydrogens (primary N) is 2. The Morgan fingerprint density at radius 3 is 1.64 bits per heavy atom. The lowest BCUT2D eigenvalue weighted by molar-refractivity contribution is -0.138. The van der Waals surface area contributed by atoms with E-state index in [1.807, 2.05) is 24.3 Å². The van der Waals surface area contributed by atoms with Crippen LogP contribution in [0.2, 0.25) is 10.0 Å². The first-order valence-electron chi connectivity index (χ1n) is 7.65. The molecule has 2 unspecified atom stereocenters. The number of aliphatic carboxylic acids is 1. The van der Waals surface area contributed by atoms with E-state index in [9.17, 15) is 4.79 Å². The number of rotatable bonds is 6. The molecule has 136 valence electrons. The number of carboxylic acid groups (broad SMARTS) is 1. The fraction of sp³-hybridized carbons (Fsp3) is 0.278. The highest BCUT2D eigenvalue weighted by molar-refractivity contribution is 6.30. The molecular weight excluding hydrogens is 363 g/mol. The predicted molar refractivity (Wildman–Crippen MR) is 101 cm³/mol. The van der Waals surface area contributed by atoms with Crippen molar-refractivity contribution in [1.29, 1.82) is 0 Å². The molecule has 0 saturated heterocycles. The fourth-order valence-electron chi connectivity index (χ4n) is 1.95. The Morgan fingerprint density at radius 1 is 0.880 bits per heavy atom. The molecule has 2 rings (SSSR count). The molecule has 2 aromatic rings. The second-order valence-corrected chi connectivity index (χ2v) is 6.42. The number of halogens is 2. The maximum absolute atomic E-state index is 10.4. The second kappa shape index (κ2) is 11.1.